The molecule has 0 spiro atoms. The van der Waals surface area contributed by atoms with Crippen LogP contribution in [0.15, 0.2) is 53.3 Å². The van der Waals surface area contributed by atoms with Crippen LogP contribution in [0.3, 0.4) is 0 Å². The minimum atomic E-state index is -1.00. The lowest BCUT2D eigenvalue weighted by Crippen LogP contribution is -2.31. The molecule has 0 radical (unpaired) electrons. The van der Waals surface area contributed by atoms with E-state index in [0.29, 0.717) is 22.4 Å². The number of benzene rings is 2. The van der Waals surface area contributed by atoms with Crippen LogP contribution < -0.4 is 11.3 Å². The summed E-state index contributed by atoms with van der Waals surface area (Å²) in [7, 11) is 0. The largest absolute Gasteiger partial charge is 0.453 e. The summed E-state index contributed by atoms with van der Waals surface area (Å²) in [6, 6.07) is 14.6. The van der Waals surface area contributed by atoms with Gasteiger partial charge in [-0.05, 0) is 38.1 Å². The van der Waals surface area contributed by atoms with Crippen LogP contribution in [-0.4, -0.2) is 27.5 Å². The standard InChI is InChI=1S/C21H21N3O4/c1-13-7-9-15(10-8-13)24-18(11-12-19(25)28-14(2)20(22)26)23-17-6-4-3-5-16(17)21(24)27/h3-10,14H,11-12H2,1-2H3,(H2,22,26)/t14-/m1/s1. The highest BCUT2D eigenvalue weighted by molar-refractivity contribution is 5.82. The maximum atomic E-state index is 13.1. The average molecular weight is 379 g/mol. The third kappa shape index (κ3) is 4.09. The van der Waals surface area contributed by atoms with Crippen LogP contribution in [0.2, 0.25) is 0 Å². The Bertz CT molecular complexity index is 1090. The van der Waals surface area contributed by atoms with Gasteiger partial charge in [-0.25, -0.2) is 4.98 Å². The van der Waals surface area contributed by atoms with Crippen molar-refractivity contribution in [3.63, 3.8) is 0 Å². The van der Waals surface area contributed by atoms with Gasteiger partial charge in [0.2, 0.25) is 0 Å². The molecule has 2 N–H and O–H groups in total. The van der Waals surface area contributed by atoms with Crippen molar-refractivity contribution in [2.24, 2.45) is 5.73 Å². The Balaban J connectivity index is 1.99. The topological polar surface area (TPSA) is 104 Å². The van der Waals surface area contributed by atoms with Crippen molar-refractivity contribution in [1.29, 1.82) is 0 Å². The molecule has 1 atom stereocenters. The molecule has 0 aliphatic heterocycles. The van der Waals surface area contributed by atoms with Crippen molar-refractivity contribution >= 4 is 22.8 Å². The Morgan fingerprint density at radius 3 is 2.50 bits per heavy atom. The maximum absolute atomic E-state index is 13.1. The number of carbonyl (C=O) groups is 2. The van der Waals surface area contributed by atoms with E-state index in [0.717, 1.165) is 5.56 Å². The van der Waals surface area contributed by atoms with Gasteiger partial charge in [0.25, 0.3) is 11.5 Å². The van der Waals surface area contributed by atoms with E-state index in [1.54, 1.807) is 24.3 Å². The van der Waals surface area contributed by atoms with Gasteiger partial charge >= 0.3 is 5.97 Å². The second-order valence-electron chi connectivity index (χ2n) is 6.56. The van der Waals surface area contributed by atoms with Crippen molar-refractivity contribution in [1.82, 2.24) is 9.55 Å². The van der Waals surface area contributed by atoms with Crippen LogP contribution in [0.25, 0.3) is 16.6 Å². The summed E-state index contributed by atoms with van der Waals surface area (Å²) in [5.74, 6) is -0.853. The van der Waals surface area contributed by atoms with E-state index >= 15 is 0 Å². The van der Waals surface area contributed by atoms with E-state index in [9.17, 15) is 14.4 Å². The molecule has 3 aromatic rings. The van der Waals surface area contributed by atoms with Crippen LogP contribution in [0.1, 0.15) is 24.7 Å². The first kappa shape index (κ1) is 19.3. The molecule has 1 heterocycles. The molecule has 0 fully saturated rings. The van der Waals surface area contributed by atoms with Gasteiger partial charge < -0.3 is 10.5 Å². The molecule has 0 aliphatic rings. The fourth-order valence-corrected chi connectivity index (χ4v) is 2.83. The van der Waals surface area contributed by atoms with Crippen LogP contribution in [0, 0.1) is 6.92 Å². The molecule has 144 valence electrons. The number of hydrogen-bond acceptors (Lipinski definition) is 5. The lowest BCUT2D eigenvalue weighted by atomic mass is 10.2. The van der Waals surface area contributed by atoms with E-state index in [2.05, 4.69) is 4.98 Å². The van der Waals surface area contributed by atoms with E-state index in [4.69, 9.17) is 10.5 Å². The zero-order valence-electron chi connectivity index (χ0n) is 15.7. The van der Waals surface area contributed by atoms with Crippen LogP contribution >= 0.6 is 0 Å². The number of nitrogens with two attached hydrogens (primary N) is 1. The normalized spacial score (nSPS) is 11.9. The lowest BCUT2D eigenvalue weighted by Gasteiger charge is -2.14. The number of hydrogen-bond donors (Lipinski definition) is 1. The first-order valence-electron chi connectivity index (χ1n) is 8.93. The fourth-order valence-electron chi connectivity index (χ4n) is 2.83. The van der Waals surface area contributed by atoms with Gasteiger partial charge in [-0.3, -0.25) is 19.0 Å². The molecule has 0 bridgehead atoms. The summed E-state index contributed by atoms with van der Waals surface area (Å²) in [6.45, 7) is 3.37. The van der Waals surface area contributed by atoms with Crippen LogP contribution in [-0.2, 0) is 20.7 Å². The molecule has 3 rings (SSSR count). The second kappa shape index (κ2) is 8.04. The van der Waals surface area contributed by atoms with E-state index < -0.39 is 18.0 Å². The van der Waals surface area contributed by atoms with Crippen LogP contribution in [0.5, 0.6) is 0 Å². The van der Waals surface area contributed by atoms with Gasteiger partial charge in [-0.1, -0.05) is 29.8 Å². The Morgan fingerprint density at radius 2 is 1.82 bits per heavy atom. The average Bonchev–Trinajstić information content (AvgIpc) is 2.67. The summed E-state index contributed by atoms with van der Waals surface area (Å²) in [4.78, 5) is 40.8. The number of aryl methyl sites for hydroxylation is 2. The highest BCUT2D eigenvalue weighted by atomic mass is 16.5. The number of rotatable bonds is 6. The number of esters is 1. The summed E-state index contributed by atoms with van der Waals surface area (Å²) in [5, 5.41) is 0.497. The predicted molar refractivity (Wildman–Crippen MR) is 105 cm³/mol. The molecule has 0 saturated carbocycles. The third-order valence-corrected chi connectivity index (χ3v) is 4.40. The van der Waals surface area contributed by atoms with Gasteiger partial charge in [-0.2, -0.15) is 0 Å². The first-order chi connectivity index (χ1) is 13.4. The van der Waals surface area contributed by atoms with Crippen molar-refractivity contribution in [3.05, 3.63) is 70.3 Å². The number of amides is 1. The highest BCUT2D eigenvalue weighted by Gasteiger charge is 2.17. The van der Waals surface area contributed by atoms with Gasteiger partial charge in [0.15, 0.2) is 6.10 Å². The summed E-state index contributed by atoms with van der Waals surface area (Å²) in [6.07, 6.45) is -0.858. The quantitative estimate of drug-likeness (QED) is 0.660. The van der Waals surface area contributed by atoms with Crippen molar-refractivity contribution < 1.29 is 14.3 Å². The molecule has 28 heavy (non-hydrogen) atoms. The number of fused-ring (bicyclic) bond motifs is 1. The Morgan fingerprint density at radius 1 is 1.14 bits per heavy atom. The molecule has 1 aromatic heterocycles. The number of para-hydroxylation sites is 1. The molecule has 1 amide bonds. The molecule has 0 aliphatic carbocycles. The van der Waals surface area contributed by atoms with Crippen molar-refractivity contribution in [3.8, 4) is 5.69 Å². The number of aromatic nitrogens is 2. The first-order valence-corrected chi connectivity index (χ1v) is 8.93. The zero-order valence-corrected chi connectivity index (χ0v) is 15.7. The number of carbonyl (C=O) groups excluding carboxylic acids is 2. The van der Waals surface area contributed by atoms with E-state index in [1.165, 1.54) is 11.5 Å². The monoisotopic (exact) mass is 379 g/mol. The Kier molecular flexibility index (Phi) is 5.54. The zero-order chi connectivity index (χ0) is 20.3. The molecule has 7 heteroatoms. The van der Waals surface area contributed by atoms with E-state index in [-0.39, 0.29) is 18.4 Å². The summed E-state index contributed by atoms with van der Waals surface area (Å²) >= 11 is 0. The lowest BCUT2D eigenvalue weighted by molar-refractivity contribution is -0.153. The second-order valence-corrected chi connectivity index (χ2v) is 6.56. The number of ether oxygens (including phenoxy) is 1. The van der Waals surface area contributed by atoms with Crippen LogP contribution in [0.4, 0.5) is 0 Å². The molecule has 7 nitrogen and oxygen atoms in total. The van der Waals surface area contributed by atoms with E-state index in [1.807, 2.05) is 31.2 Å². The number of primary amides is 1. The molecular weight excluding hydrogens is 358 g/mol. The number of nitrogens with zero attached hydrogens (tertiary/aromatic N) is 2. The predicted octanol–water partition coefficient (Wildman–Crippen LogP) is 2.04. The SMILES string of the molecule is Cc1ccc(-n2c(CCC(=O)O[C@H](C)C(N)=O)nc3ccccc3c2=O)cc1. The minimum absolute atomic E-state index is 0.0335. The molecular formula is C21H21N3O4. The van der Waals surface area contributed by atoms with Gasteiger partial charge in [0.05, 0.1) is 23.0 Å². The minimum Gasteiger partial charge on any atom is -0.453 e. The Labute approximate surface area is 161 Å². The van der Waals surface area contributed by atoms with Crippen molar-refractivity contribution in [2.45, 2.75) is 32.8 Å². The Hall–Kier alpha value is -3.48. The van der Waals surface area contributed by atoms with Gasteiger partial charge in [-0.15, -0.1) is 0 Å². The maximum Gasteiger partial charge on any atom is 0.307 e. The summed E-state index contributed by atoms with van der Waals surface area (Å²) < 4.78 is 6.49. The fraction of sp³-hybridized carbons (Fsp3) is 0.238. The molecule has 2 aromatic carbocycles. The molecule has 0 saturated heterocycles. The highest BCUT2D eigenvalue weighted by Crippen LogP contribution is 2.15. The van der Waals surface area contributed by atoms with Crippen molar-refractivity contribution in [2.75, 3.05) is 0 Å². The smallest absolute Gasteiger partial charge is 0.307 e. The summed E-state index contributed by atoms with van der Waals surface area (Å²) in [5.41, 5.74) is 7.20. The van der Waals surface area contributed by atoms with Gasteiger partial charge in [0, 0.05) is 6.42 Å². The molecule has 0 unspecified atom stereocenters. The van der Waals surface area contributed by atoms with Gasteiger partial charge in [0.1, 0.15) is 5.82 Å². The third-order valence-electron chi connectivity index (χ3n) is 4.40.